The van der Waals surface area contributed by atoms with E-state index in [1.165, 1.54) is 97.0 Å². The van der Waals surface area contributed by atoms with Gasteiger partial charge in [-0.15, -0.1) is 0 Å². The molecule has 0 aliphatic rings. The molecule has 0 saturated carbocycles. The van der Waals surface area contributed by atoms with Crippen LogP contribution in [-0.2, 0) is 19.3 Å². The summed E-state index contributed by atoms with van der Waals surface area (Å²) in [6.07, 6.45) is 23.9. The highest BCUT2D eigenvalue weighted by atomic mass is 32.2. The third-order valence-corrected chi connectivity index (χ3v) is 8.57. The Morgan fingerprint density at radius 2 is 1.06 bits per heavy atom. The lowest BCUT2D eigenvalue weighted by Crippen LogP contribution is -2.34. The Balaban J connectivity index is 3.54. The van der Waals surface area contributed by atoms with E-state index in [1.54, 1.807) is 0 Å². The zero-order valence-corrected chi connectivity index (χ0v) is 23.7. The van der Waals surface area contributed by atoms with Crippen LogP contribution in [-0.4, -0.2) is 51.1 Å². The normalized spacial score (nSPS) is 13.9. The van der Waals surface area contributed by atoms with Gasteiger partial charge in [-0.2, -0.15) is 0 Å². The molecule has 2 atom stereocenters. The number of aliphatic hydroxyl groups excluding tert-OH is 1. The molecular weight excluding hydrogens is 448 g/mol. The maximum absolute atomic E-state index is 12.3. The van der Waals surface area contributed by atoms with E-state index < -0.39 is 21.4 Å². The molecule has 0 radical (unpaired) electrons. The van der Waals surface area contributed by atoms with Crippen molar-refractivity contribution in [1.82, 2.24) is 0 Å². The van der Waals surface area contributed by atoms with E-state index in [4.69, 9.17) is 9.47 Å². The molecule has 0 heterocycles. The highest BCUT2D eigenvalue weighted by molar-refractivity contribution is 7.91. The molecule has 206 valence electrons. The minimum Gasteiger partial charge on any atom is -0.379 e. The van der Waals surface area contributed by atoms with Crippen LogP contribution in [0.2, 0.25) is 0 Å². The first kappa shape index (κ1) is 33.8. The summed E-state index contributed by atoms with van der Waals surface area (Å²) in [5, 5.41) is 9.99. The molecule has 34 heavy (non-hydrogen) atoms. The van der Waals surface area contributed by atoms with Gasteiger partial charge in [0.2, 0.25) is 0 Å². The molecule has 1 N–H and O–H groups in total. The fourth-order valence-corrected chi connectivity index (χ4v) is 5.77. The second-order valence-corrected chi connectivity index (χ2v) is 12.2. The van der Waals surface area contributed by atoms with Gasteiger partial charge in [-0.3, -0.25) is 0 Å². The topological polar surface area (TPSA) is 72.8 Å². The summed E-state index contributed by atoms with van der Waals surface area (Å²) in [4.78, 5) is 0. The molecule has 0 aromatic carbocycles. The lowest BCUT2D eigenvalue weighted by atomic mass is 10.0. The number of aliphatic hydroxyl groups is 1. The van der Waals surface area contributed by atoms with Gasteiger partial charge >= 0.3 is 0 Å². The average molecular weight is 507 g/mol. The van der Waals surface area contributed by atoms with E-state index >= 15 is 0 Å². The van der Waals surface area contributed by atoms with Crippen LogP contribution >= 0.6 is 0 Å². The first-order valence-electron chi connectivity index (χ1n) is 14.5. The molecule has 0 bridgehead atoms. The van der Waals surface area contributed by atoms with Crippen molar-refractivity contribution in [2.45, 2.75) is 154 Å². The van der Waals surface area contributed by atoms with Crippen molar-refractivity contribution in [2.75, 3.05) is 26.1 Å². The molecule has 0 aromatic rings. The number of methoxy groups -OCH3 is 1. The minimum absolute atomic E-state index is 0.185. The lowest BCUT2D eigenvalue weighted by Gasteiger charge is -2.18. The second-order valence-electron chi connectivity index (χ2n) is 10.0. The summed E-state index contributed by atoms with van der Waals surface area (Å²) < 4.78 is 35.5. The zero-order valence-electron chi connectivity index (χ0n) is 22.9. The Morgan fingerprint density at radius 3 is 1.50 bits per heavy atom. The molecule has 0 rings (SSSR count). The Labute approximate surface area is 212 Å². The van der Waals surface area contributed by atoms with Crippen molar-refractivity contribution in [3.05, 3.63) is 0 Å². The minimum atomic E-state index is -3.58. The predicted molar refractivity (Wildman–Crippen MR) is 145 cm³/mol. The van der Waals surface area contributed by atoms with Crippen molar-refractivity contribution in [2.24, 2.45) is 0 Å². The summed E-state index contributed by atoms with van der Waals surface area (Å²) in [5.41, 5.74) is -1.29. The summed E-state index contributed by atoms with van der Waals surface area (Å²) in [6, 6.07) is 0. The van der Waals surface area contributed by atoms with Gasteiger partial charge in [-0.1, -0.05) is 123 Å². The molecule has 0 aliphatic carbocycles. The van der Waals surface area contributed by atoms with E-state index in [9.17, 15) is 13.5 Å². The molecule has 0 aliphatic heterocycles. The summed E-state index contributed by atoms with van der Waals surface area (Å²) in [6.45, 7) is 5.22. The Morgan fingerprint density at radius 1 is 0.647 bits per heavy atom. The van der Waals surface area contributed by atoms with Gasteiger partial charge in [0.25, 0.3) is 0 Å². The zero-order chi connectivity index (χ0) is 25.3. The Kier molecular flexibility index (Phi) is 24.4. The van der Waals surface area contributed by atoms with Crippen LogP contribution in [0.3, 0.4) is 0 Å². The molecule has 6 heteroatoms. The molecule has 0 fully saturated rings. The van der Waals surface area contributed by atoms with Crippen LogP contribution in [0.1, 0.15) is 142 Å². The number of unbranched alkanes of at least 4 members (excludes halogenated alkanes) is 17. The van der Waals surface area contributed by atoms with Crippen LogP contribution in [0, 0.1) is 0 Å². The second kappa shape index (κ2) is 24.5. The maximum Gasteiger partial charge on any atom is 0.179 e. The number of rotatable bonds is 27. The van der Waals surface area contributed by atoms with Gasteiger partial charge in [-0.25, -0.2) is 8.42 Å². The SMILES string of the molecule is CCCCCCCCCCCCCCCCCCOCC(CS(=O)(=O)C(O)CCCCC)OC. The summed E-state index contributed by atoms with van der Waals surface area (Å²) >= 11 is 0. The summed E-state index contributed by atoms with van der Waals surface area (Å²) in [5.74, 6) is -0.185. The number of ether oxygens (including phenoxy) is 2. The van der Waals surface area contributed by atoms with Crippen molar-refractivity contribution < 1.29 is 23.0 Å². The van der Waals surface area contributed by atoms with Crippen molar-refractivity contribution in [3.8, 4) is 0 Å². The van der Waals surface area contributed by atoms with E-state index in [-0.39, 0.29) is 12.4 Å². The van der Waals surface area contributed by atoms with Gasteiger partial charge in [-0.05, 0) is 19.3 Å². The van der Waals surface area contributed by atoms with Crippen LogP contribution in [0.5, 0.6) is 0 Å². The molecule has 0 amide bonds. The highest BCUT2D eigenvalue weighted by Crippen LogP contribution is 2.14. The van der Waals surface area contributed by atoms with Crippen molar-refractivity contribution in [3.63, 3.8) is 0 Å². The van der Waals surface area contributed by atoms with Crippen LogP contribution < -0.4 is 0 Å². The molecule has 5 nitrogen and oxygen atoms in total. The van der Waals surface area contributed by atoms with Gasteiger partial charge in [0.15, 0.2) is 15.3 Å². The van der Waals surface area contributed by atoms with Crippen molar-refractivity contribution in [1.29, 1.82) is 0 Å². The standard InChI is InChI=1S/C28H58O5S/c1-4-6-8-9-10-11-12-13-14-15-16-17-18-19-20-22-24-33-25-27(32-3)26-34(30,31)28(29)23-21-7-5-2/h27-29H,4-26H2,1-3H3. The molecular formula is C28H58O5S. The average Bonchev–Trinajstić information content (AvgIpc) is 2.82. The molecule has 2 unspecified atom stereocenters. The van der Waals surface area contributed by atoms with Gasteiger partial charge in [0, 0.05) is 13.7 Å². The quantitative estimate of drug-likeness (QED) is 0.116. The third kappa shape index (κ3) is 21.1. The highest BCUT2D eigenvalue weighted by Gasteiger charge is 2.26. The lowest BCUT2D eigenvalue weighted by molar-refractivity contribution is 0.0185. The molecule has 0 aromatic heterocycles. The van der Waals surface area contributed by atoms with E-state index in [0.29, 0.717) is 13.0 Å². The van der Waals surface area contributed by atoms with Gasteiger partial charge < -0.3 is 14.6 Å². The maximum atomic E-state index is 12.3. The first-order chi connectivity index (χ1) is 16.5. The van der Waals surface area contributed by atoms with E-state index in [2.05, 4.69) is 13.8 Å². The van der Waals surface area contributed by atoms with Crippen LogP contribution in [0.15, 0.2) is 0 Å². The number of hydrogen-bond donors (Lipinski definition) is 1. The largest absolute Gasteiger partial charge is 0.379 e. The van der Waals surface area contributed by atoms with Crippen LogP contribution in [0.4, 0.5) is 0 Å². The molecule has 0 saturated heterocycles. The summed E-state index contributed by atoms with van der Waals surface area (Å²) in [7, 11) is -2.07. The first-order valence-corrected chi connectivity index (χ1v) is 16.2. The Bertz CT molecular complexity index is 509. The monoisotopic (exact) mass is 506 g/mol. The molecule has 0 spiro atoms. The predicted octanol–water partition coefficient (Wildman–Crippen LogP) is 7.59. The fraction of sp³-hybridized carbons (Fsp3) is 1.00. The third-order valence-electron chi connectivity index (χ3n) is 6.67. The van der Waals surface area contributed by atoms with Crippen molar-refractivity contribution >= 4 is 9.84 Å². The van der Waals surface area contributed by atoms with Crippen LogP contribution in [0.25, 0.3) is 0 Å². The number of sulfone groups is 1. The van der Waals surface area contributed by atoms with Gasteiger partial charge in [0.05, 0.1) is 18.5 Å². The smallest absolute Gasteiger partial charge is 0.179 e. The fourth-order valence-electron chi connectivity index (χ4n) is 4.27. The van der Waals surface area contributed by atoms with E-state index in [1.807, 2.05) is 0 Å². The van der Waals surface area contributed by atoms with Gasteiger partial charge in [0.1, 0.15) is 0 Å². The Hall–Kier alpha value is -0.170. The number of hydrogen-bond acceptors (Lipinski definition) is 5. The van der Waals surface area contributed by atoms with E-state index in [0.717, 1.165) is 32.1 Å².